The summed E-state index contributed by atoms with van der Waals surface area (Å²) >= 11 is 0. The Bertz CT molecular complexity index is 1380. The van der Waals surface area contributed by atoms with Crippen LogP contribution in [0.5, 0.6) is 11.5 Å². The zero-order chi connectivity index (χ0) is 27.2. The van der Waals surface area contributed by atoms with Crippen molar-refractivity contribution in [1.29, 1.82) is 0 Å². The molecule has 6 heteroatoms. The van der Waals surface area contributed by atoms with Crippen molar-refractivity contribution in [2.24, 2.45) is 0 Å². The first-order chi connectivity index (χ1) is 19.0. The SMILES string of the molecule is CCOc1ccc(C2C(C(=O)OCCOc3ccccc3)=C(C)NC3=C2C(=O)CC(c2ccccc2)C3)cc1. The van der Waals surface area contributed by atoms with Crippen LogP contribution in [0.25, 0.3) is 0 Å². The molecule has 0 saturated carbocycles. The molecule has 0 amide bonds. The highest BCUT2D eigenvalue weighted by atomic mass is 16.6. The monoisotopic (exact) mass is 523 g/mol. The second kappa shape index (κ2) is 12.0. The summed E-state index contributed by atoms with van der Waals surface area (Å²) in [5.41, 5.74) is 4.66. The number of hydrogen-bond acceptors (Lipinski definition) is 6. The highest BCUT2D eigenvalue weighted by molar-refractivity contribution is 6.04. The lowest BCUT2D eigenvalue weighted by Gasteiger charge is -2.36. The van der Waals surface area contributed by atoms with Crippen LogP contribution < -0.4 is 14.8 Å². The van der Waals surface area contributed by atoms with Crippen LogP contribution in [0, 0.1) is 0 Å². The van der Waals surface area contributed by atoms with Crippen LogP contribution in [0.1, 0.15) is 49.7 Å². The molecule has 1 aliphatic heterocycles. The molecule has 0 fully saturated rings. The number of carbonyl (C=O) groups excluding carboxylic acids is 2. The number of para-hydroxylation sites is 1. The molecule has 0 spiro atoms. The van der Waals surface area contributed by atoms with Crippen molar-refractivity contribution >= 4 is 11.8 Å². The van der Waals surface area contributed by atoms with Crippen LogP contribution in [0.3, 0.4) is 0 Å². The van der Waals surface area contributed by atoms with E-state index in [1.807, 2.05) is 86.6 Å². The number of rotatable bonds is 9. The van der Waals surface area contributed by atoms with Crippen molar-refractivity contribution in [3.05, 3.63) is 119 Å². The van der Waals surface area contributed by atoms with Gasteiger partial charge in [0.25, 0.3) is 0 Å². The van der Waals surface area contributed by atoms with Gasteiger partial charge in [0, 0.05) is 29.3 Å². The molecule has 2 atom stereocenters. The van der Waals surface area contributed by atoms with Gasteiger partial charge in [-0.2, -0.15) is 0 Å². The number of carbonyl (C=O) groups is 2. The molecule has 1 heterocycles. The Morgan fingerprint density at radius 3 is 2.18 bits per heavy atom. The number of nitrogens with one attached hydrogen (secondary N) is 1. The molecule has 1 aliphatic carbocycles. The van der Waals surface area contributed by atoms with Crippen LogP contribution in [0.2, 0.25) is 0 Å². The van der Waals surface area contributed by atoms with E-state index in [4.69, 9.17) is 14.2 Å². The third kappa shape index (κ3) is 5.90. The molecule has 0 saturated heterocycles. The number of ketones is 1. The minimum Gasteiger partial charge on any atom is -0.494 e. The Morgan fingerprint density at radius 2 is 1.49 bits per heavy atom. The van der Waals surface area contributed by atoms with E-state index in [1.54, 1.807) is 0 Å². The highest BCUT2D eigenvalue weighted by Gasteiger charge is 2.41. The lowest BCUT2D eigenvalue weighted by molar-refractivity contribution is -0.140. The van der Waals surface area contributed by atoms with Crippen molar-refractivity contribution in [2.45, 2.75) is 38.5 Å². The third-order valence-corrected chi connectivity index (χ3v) is 7.17. The second-order valence-corrected chi connectivity index (χ2v) is 9.73. The van der Waals surface area contributed by atoms with Gasteiger partial charge in [0.05, 0.1) is 12.2 Å². The topological polar surface area (TPSA) is 73.9 Å². The summed E-state index contributed by atoms with van der Waals surface area (Å²) in [6.07, 6.45) is 1.09. The fourth-order valence-corrected chi connectivity index (χ4v) is 5.42. The van der Waals surface area contributed by atoms with Gasteiger partial charge < -0.3 is 19.5 Å². The van der Waals surface area contributed by atoms with Gasteiger partial charge in [-0.25, -0.2) is 4.79 Å². The molecular formula is C33H33NO5. The van der Waals surface area contributed by atoms with E-state index in [0.717, 1.165) is 22.6 Å². The second-order valence-electron chi connectivity index (χ2n) is 9.73. The van der Waals surface area contributed by atoms with E-state index < -0.39 is 11.9 Å². The fraction of sp³-hybridized carbons (Fsp3) is 0.273. The smallest absolute Gasteiger partial charge is 0.336 e. The van der Waals surface area contributed by atoms with Crippen molar-refractivity contribution in [3.63, 3.8) is 0 Å². The zero-order valence-corrected chi connectivity index (χ0v) is 22.3. The van der Waals surface area contributed by atoms with Crippen molar-refractivity contribution in [3.8, 4) is 11.5 Å². The standard InChI is InChI=1S/C33H33NO5/c1-3-37-27-16-14-24(15-17-27)31-30(33(36)39-19-18-38-26-12-8-5-9-13-26)22(2)34-28-20-25(21-29(35)32(28)31)23-10-6-4-7-11-23/h4-17,25,31,34H,3,18-21H2,1-2H3. The molecule has 200 valence electrons. The van der Waals surface area contributed by atoms with Gasteiger partial charge in [-0.1, -0.05) is 60.7 Å². The van der Waals surface area contributed by atoms with Gasteiger partial charge in [0.1, 0.15) is 24.7 Å². The van der Waals surface area contributed by atoms with E-state index >= 15 is 0 Å². The predicted octanol–water partition coefficient (Wildman–Crippen LogP) is 6.07. The molecule has 6 nitrogen and oxygen atoms in total. The molecule has 0 bridgehead atoms. The van der Waals surface area contributed by atoms with Crippen LogP contribution in [-0.2, 0) is 14.3 Å². The molecular weight excluding hydrogens is 490 g/mol. The number of ether oxygens (including phenoxy) is 3. The van der Waals surface area contributed by atoms with E-state index in [2.05, 4.69) is 17.4 Å². The van der Waals surface area contributed by atoms with Gasteiger partial charge in [-0.05, 0) is 61.6 Å². The van der Waals surface area contributed by atoms with E-state index in [0.29, 0.717) is 42.0 Å². The van der Waals surface area contributed by atoms with Crippen LogP contribution in [0.15, 0.2) is 107 Å². The molecule has 3 aromatic carbocycles. The molecule has 2 aliphatic rings. The number of allylic oxidation sites excluding steroid dienone is 3. The van der Waals surface area contributed by atoms with Gasteiger partial charge in [-0.15, -0.1) is 0 Å². The van der Waals surface area contributed by atoms with Crippen molar-refractivity contribution in [1.82, 2.24) is 5.32 Å². The average Bonchev–Trinajstić information content (AvgIpc) is 2.96. The first-order valence-electron chi connectivity index (χ1n) is 13.4. The largest absolute Gasteiger partial charge is 0.494 e. The fourth-order valence-electron chi connectivity index (χ4n) is 5.42. The molecule has 5 rings (SSSR count). The van der Waals surface area contributed by atoms with Crippen molar-refractivity contribution < 1.29 is 23.8 Å². The highest BCUT2D eigenvalue weighted by Crippen LogP contribution is 2.45. The van der Waals surface area contributed by atoms with Crippen LogP contribution >= 0.6 is 0 Å². The number of hydrogen-bond donors (Lipinski definition) is 1. The molecule has 1 N–H and O–H groups in total. The Labute approximate surface area is 229 Å². The summed E-state index contributed by atoms with van der Waals surface area (Å²) in [7, 11) is 0. The lowest BCUT2D eigenvalue weighted by atomic mass is 9.72. The summed E-state index contributed by atoms with van der Waals surface area (Å²) in [4.78, 5) is 27.2. The van der Waals surface area contributed by atoms with Crippen molar-refractivity contribution in [2.75, 3.05) is 19.8 Å². The van der Waals surface area contributed by atoms with E-state index in [-0.39, 0.29) is 24.9 Å². The predicted molar refractivity (Wildman–Crippen MR) is 150 cm³/mol. The Kier molecular flexibility index (Phi) is 8.11. The third-order valence-electron chi connectivity index (χ3n) is 7.17. The van der Waals surface area contributed by atoms with Gasteiger partial charge in [-0.3, -0.25) is 4.79 Å². The van der Waals surface area contributed by atoms with Crippen LogP contribution in [-0.4, -0.2) is 31.6 Å². The molecule has 2 unspecified atom stereocenters. The summed E-state index contributed by atoms with van der Waals surface area (Å²) in [6, 6.07) is 27.1. The summed E-state index contributed by atoms with van der Waals surface area (Å²) in [5.74, 6) is 0.602. The zero-order valence-electron chi connectivity index (χ0n) is 22.3. The minimum absolute atomic E-state index is 0.0432. The quantitative estimate of drug-likeness (QED) is 0.271. The lowest BCUT2D eigenvalue weighted by Crippen LogP contribution is -2.36. The number of esters is 1. The Hall–Kier alpha value is -4.32. The van der Waals surface area contributed by atoms with Gasteiger partial charge in [0.15, 0.2) is 5.78 Å². The van der Waals surface area contributed by atoms with Gasteiger partial charge in [0.2, 0.25) is 0 Å². The van der Waals surface area contributed by atoms with Crippen LogP contribution in [0.4, 0.5) is 0 Å². The first kappa shape index (κ1) is 26.3. The molecule has 0 aromatic heterocycles. The van der Waals surface area contributed by atoms with E-state index in [9.17, 15) is 9.59 Å². The number of Topliss-reactive ketones (excluding diaryl/α,β-unsaturated/α-hetero) is 1. The van der Waals surface area contributed by atoms with E-state index in [1.165, 1.54) is 0 Å². The molecule has 0 radical (unpaired) electrons. The molecule has 3 aromatic rings. The maximum Gasteiger partial charge on any atom is 0.336 e. The summed E-state index contributed by atoms with van der Waals surface area (Å²) in [5, 5.41) is 3.41. The first-order valence-corrected chi connectivity index (χ1v) is 13.4. The number of benzene rings is 3. The summed E-state index contributed by atoms with van der Waals surface area (Å²) in [6.45, 7) is 4.69. The molecule has 39 heavy (non-hydrogen) atoms. The summed E-state index contributed by atoms with van der Waals surface area (Å²) < 4.78 is 17.0. The number of dihydropyridines is 1. The maximum atomic E-state index is 13.7. The maximum absolute atomic E-state index is 13.7. The van der Waals surface area contributed by atoms with Gasteiger partial charge >= 0.3 is 5.97 Å². The normalized spacial score (nSPS) is 18.8. The average molecular weight is 524 g/mol. The Morgan fingerprint density at radius 1 is 0.821 bits per heavy atom. The Balaban J connectivity index is 1.42. The minimum atomic E-state index is -0.524.